The number of nitrogens with zero attached hydrogens (tertiary/aromatic N) is 4. The lowest BCUT2D eigenvalue weighted by atomic mass is 10.0. The van der Waals surface area contributed by atoms with E-state index in [1.165, 1.54) is 13.1 Å². The summed E-state index contributed by atoms with van der Waals surface area (Å²) in [6.07, 6.45) is 1.43. The van der Waals surface area contributed by atoms with Gasteiger partial charge in [-0.05, 0) is 24.3 Å². The quantitative estimate of drug-likeness (QED) is 0.521. The van der Waals surface area contributed by atoms with Crippen molar-refractivity contribution in [2.45, 2.75) is 6.92 Å². The number of rotatable bonds is 3. The zero-order valence-corrected chi connectivity index (χ0v) is 16.8. The second kappa shape index (κ2) is 6.88. The number of hydrogen-bond acceptors (Lipinski definition) is 5. The minimum atomic E-state index is -0.440. The van der Waals surface area contributed by atoms with Gasteiger partial charge in [-0.2, -0.15) is 5.10 Å². The first-order valence-electron chi connectivity index (χ1n) is 9.63. The second-order valence-corrected chi connectivity index (χ2v) is 7.26. The maximum absolute atomic E-state index is 13.4. The topological polar surface area (TPSA) is 97.2 Å². The average Bonchev–Trinajstić information content (AvgIpc) is 3.23. The van der Waals surface area contributed by atoms with Crippen LogP contribution in [0.5, 0.6) is 0 Å². The van der Waals surface area contributed by atoms with E-state index < -0.39 is 11.8 Å². The highest BCUT2D eigenvalue weighted by Gasteiger charge is 2.40. The Morgan fingerprint density at radius 3 is 2.35 bits per heavy atom. The molecule has 152 valence electrons. The number of hydrogen-bond donors (Lipinski definition) is 1. The highest BCUT2D eigenvalue weighted by molar-refractivity contribution is 6.38. The minimum Gasteiger partial charge on any atom is -0.326 e. The Kier molecular flexibility index (Phi) is 4.14. The van der Waals surface area contributed by atoms with Crippen molar-refractivity contribution >= 4 is 40.1 Å². The predicted molar refractivity (Wildman–Crippen MR) is 116 cm³/mol. The summed E-state index contributed by atoms with van der Waals surface area (Å²) in [7, 11) is 1.76. The molecule has 8 nitrogen and oxygen atoms in total. The van der Waals surface area contributed by atoms with Gasteiger partial charge in [0.05, 0.1) is 22.2 Å². The zero-order chi connectivity index (χ0) is 21.7. The van der Waals surface area contributed by atoms with Crippen LogP contribution in [0.25, 0.3) is 22.3 Å². The van der Waals surface area contributed by atoms with Crippen molar-refractivity contribution in [3.8, 4) is 11.3 Å². The molecule has 3 amide bonds. The Morgan fingerprint density at radius 2 is 1.68 bits per heavy atom. The molecule has 1 aliphatic heterocycles. The number of pyridine rings is 1. The monoisotopic (exact) mass is 411 g/mol. The fourth-order valence-electron chi connectivity index (χ4n) is 3.86. The highest BCUT2D eigenvalue weighted by Crippen LogP contribution is 2.37. The summed E-state index contributed by atoms with van der Waals surface area (Å²) in [5.74, 6) is -1.07. The Hall–Kier alpha value is -4.33. The van der Waals surface area contributed by atoms with Gasteiger partial charge in [-0.1, -0.05) is 30.3 Å². The Bertz CT molecular complexity index is 1370. The van der Waals surface area contributed by atoms with Gasteiger partial charge in [-0.15, -0.1) is 0 Å². The molecule has 2 aromatic carbocycles. The molecule has 0 radical (unpaired) electrons. The van der Waals surface area contributed by atoms with Crippen LogP contribution in [0.15, 0.2) is 60.8 Å². The lowest BCUT2D eigenvalue weighted by Gasteiger charge is -2.14. The van der Waals surface area contributed by atoms with Crippen molar-refractivity contribution in [3.05, 3.63) is 71.9 Å². The molecule has 2 aromatic heterocycles. The van der Waals surface area contributed by atoms with Crippen molar-refractivity contribution in [2.24, 2.45) is 7.05 Å². The fourth-order valence-corrected chi connectivity index (χ4v) is 3.86. The largest absolute Gasteiger partial charge is 0.326 e. The molecule has 0 saturated carbocycles. The van der Waals surface area contributed by atoms with E-state index in [9.17, 15) is 14.4 Å². The van der Waals surface area contributed by atoms with E-state index in [4.69, 9.17) is 0 Å². The standard InChI is InChI=1S/C23H17N5O3/c1-13(29)25-15-8-10-16(11-9-15)28-22(30)17-12-24-21-19(18(17)23(28)31)20(26-27(21)2)14-6-4-3-5-7-14/h3-12H,1-2H3,(H,25,29). The summed E-state index contributed by atoms with van der Waals surface area (Å²) in [5, 5.41) is 7.79. The first-order valence-corrected chi connectivity index (χ1v) is 9.63. The predicted octanol–water partition coefficient (Wildman–Crippen LogP) is 3.39. The van der Waals surface area contributed by atoms with Crippen molar-refractivity contribution in [2.75, 3.05) is 10.2 Å². The number of amides is 3. The van der Waals surface area contributed by atoms with Gasteiger partial charge in [0, 0.05) is 31.4 Å². The molecule has 0 fully saturated rings. The second-order valence-electron chi connectivity index (χ2n) is 7.26. The molecule has 0 aliphatic carbocycles. The lowest BCUT2D eigenvalue weighted by Crippen LogP contribution is -2.29. The van der Waals surface area contributed by atoms with Crippen LogP contribution in [0.3, 0.4) is 0 Å². The summed E-state index contributed by atoms with van der Waals surface area (Å²) < 4.78 is 1.61. The maximum Gasteiger partial charge on any atom is 0.267 e. The summed E-state index contributed by atoms with van der Waals surface area (Å²) in [6, 6.07) is 16.0. The fraction of sp³-hybridized carbons (Fsp3) is 0.0870. The van der Waals surface area contributed by atoms with Gasteiger partial charge in [0.25, 0.3) is 11.8 Å². The number of nitrogens with one attached hydrogen (secondary N) is 1. The minimum absolute atomic E-state index is 0.202. The van der Waals surface area contributed by atoms with E-state index >= 15 is 0 Å². The summed E-state index contributed by atoms with van der Waals surface area (Å²) in [5.41, 5.74) is 3.50. The van der Waals surface area contributed by atoms with E-state index in [1.54, 1.807) is 36.0 Å². The van der Waals surface area contributed by atoms with Crippen molar-refractivity contribution in [1.29, 1.82) is 0 Å². The van der Waals surface area contributed by atoms with Gasteiger partial charge in [-0.25, -0.2) is 14.6 Å². The molecule has 0 unspecified atom stereocenters. The number of aryl methyl sites for hydroxylation is 1. The Labute approximate surface area is 177 Å². The molecule has 8 heteroatoms. The molecule has 1 aliphatic rings. The molecular weight excluding hydrogens is 394 g/mol. The third kappa shape index (κ3) is 2.88. The molecule has 0 bridgehead atoms. The van der Waals surface area contributed by atoms with E-state index in [0.717, 1.165) is 10.5 Å². The van der Waals surface area contributed by atoms with Crippen LogP contribution >= 0.6 is 0 Å². The molecule has 5 rings (SSSR count). The number of benzene rings is 2. The lowest BCUT2D eigenvalue weighted by molar-refractivity contribution is -0.114. The molecule has 3 heterocycles. The van der Waals surface area contributed by atoms with E-state index in [1.807, 2.05) is 30.3 Å². The number of fused-ring (bicyclic) bond motifs is 3. The summed E-state index contributed by atoms with van der Waals surface area (Å²) in [6.45, 7) is 1.41. The van der Waals surface area contributed by atoms with Crippen LogP contribution < -0.4 is 10.2 Å². The van der Waals surface area contributed by atoms with Crippen molar-refractivity contribution in [3.63, 3.8) is 0 Å². The van der Waals surface area contributed by atoms with Gasteiger partial charge in [0.2, 0.25) is 5.91 Å². The van der Waals surface area contributed by atoms with Crippen molar-refractivity contribution < 1.29 is 14.4 Å². The van der Waals surface area contributed by atoms with Gasteiger partial charge < -0.3 is 5.32 Å². The summed E-state index contributed by atoms with van der Waals surface area (Å²) >= 11 is 0. The van der Waals surface area contributed by atoms with Crippen molar-refractivity contribution in [1.82, 2.24) is 14.8 Å². The van der Waals surface area contributed by atoms with Crippen LogP contribution in [0.4, 0.5) is 11.4 Å². The first-order chi connectivity index (χ1) is 15.0. The molecule has 31 heavy (non-hydrogen) atoms. The van der Waals surface area contributed by atoms with Gasteiger partial charge >= 0.3 is 0 Å². The third-order valence-electron chi connectivity index (χ3n) is 5.20. The SMILES string of the molecule is CC(=O)Nc1ccc(N2C(=O)c3cnc4c(c(-c5ccccc5)nn4C)c3C2=O)cc1. The molecule has 1 N–H and O–H groups in total. The van der Waals surface area contributed by atoms with Gasteiger partial charge in [0.1, 0.15) is 5.69 Å². The average molecular weight is 411 g/mol. The van der Waals surface area contributed by atoms with Crippen LogP contribution in [0.2, 0.25) is 0 Å². The Balaban J connectivity index is 1.65. The number of carbonyl (C=O) groups excluding carboxylic acids is 3. The Morgan fingerprint density at radius 1 is 0.968 bits per heavy atom. The molecular formula is C23H17N5O3. The molecule has 4 aromatic rings. The van der Waals surface area contributed by atoms with Crippen LogP contribution in [0.1, 0.15) is 27.6 Å². The molecule has 0 atom stereocenters. The van der Waals surface area contributed by atoms with Crippen LogP contribution in [0, 0.1) is 0 Å². The highest BCUT2D eigenvalue weighted by atomic mass is 16.2. The number of carbonyl (C=O) groups is 3. The third-order valence-corrected chi connectivity index (χ3v) is 5.20. The van der Waals surface area contributed by atoms with E-state index in [2.05, 4.69) is 15.4 Å². The van der Waals surface area contributed by atoms with Gasteiger partial charge in [0.15, 0.2) is 5.65 Å². The zero-order valence-electron chi connectivity index (χ0n) is 16.8. The molecule has 0 spiro atoms. The smallest absolute Gasteiger partial charge is 0.267 e. The number of aromatic nitrogens is 3. The molecule has 0 saturated heterocycles. The summed E-state index contributed by atoms with van der Waals surface area (Å²) in [4.78, 5) is 43.4. The number of anilines is 2. The van der Waals surface area contributed by atoms with Gasteiger partial charge in [-0.3, -0.25) is 14.4 Å². The maximum atomic E-state index is 13.4. The van der Waals surface area contributed by atoms with E-state index in [-0.39, 0.29) is 11.5 Å². The van der Waals surface area contributed by atoms with Crippen LogP contribution in [-0.4, -0.2) is 32.5 Å². The van der Waals surface area contributed by atoms with E-state index in [0.29, 0.717) is 33.7 Å². The number of imide groups is 1. The normalized spacial score (nSPS) is 13.0. The van der Waals surface area contributed by atoms with Crippen LogP contribution in [-0.2, 0) is 11.8 Å². The first kappa shape index (κ1) is 18.7.